The van der Waals surface area contributed by atoms with Crippen LogP contribution in [0.25, 0.3) is 0 Å². The molecule has 0 aliphatic heterocycles. The Morgan fingerprint density at radius 1 is 1.25 bits per heavy atom. The van der Waals surface area contributed by atoms with Crippen LogP contribution in [0.3, 0.4) is 0 Å². The van der Waals surface area contributed by atoms with E-state index in [0.29, 0.717) is 12.1 Å². The zero-order chi connectivity index (χ0) is 13.9. The summed E-state index contributed by atoms with van der Waals surface area (Å²) in [5, 5.41) is 3.09. The fourth-order valence-electron chi connectivity index (χ4n) is 2.66. The molecule has 0 bridgehead atoms. The van der Waals surface area contributed by atoms with Crippen molar-refractivity contribution in [3.63, 3.8) is 0 Å². The molecule has 2 aromatic rings. The van der Waals surface area contributed by atoms with Crippen molar-refractivity contribution >= 4 is 5.91 Å². The van der Waals surface area contributed by atoms with Gasteiger partial charge >= 0.3 is 0 Å². The van der Waals surface area contributed by atoms with E-state index in [1.165, 1.54) is 11.1 Å². The number of benzene rings is 1. The molecular weight excluding hydrogens is 250 g/mol. The number of pyridine rings is 1. The second-order valence-electron chi connectivity index (χ2n) is 5.09. The number of nitrogens with zero attached hydrogens (tertiary/aromatic N) is 1. The summed E-state index contributed by atoms with van der Waals surface area (Å²) < 4.78 is 0. The molecule has 0 saturated carbocycles. The van der Waals surface area contributed by atoms with Crippen LogP contribution in [-0.4, -0.2) is 16.9 Å². The smallest absolute Gasteiger partial charge is 0.251 e. The number of nitrogens with two attached hydrogens (primary N) is 1. The molecule has 3 rings (SSSR count). The van der Waals surface area contributed by atoms with Gasteiger partial charge in [-0.1, -0.05) is 24.3 Å². The quantitative estimate of drug-likeness (QED) is 0.884. The molecule has 3 N–H and O–H groups in total. The zero-order valence-electron chi connectivity index (χ0n) is 11.2. The van der Waals surface area contributed by atoms with Gasteiger partial charge in [0, 0.05) is 24.3 Å². The molecule has 1 aliphatic carbocycles. The average Bonchev–Trinajstić information content (AvgIpc) is 2.89. The second-order valence-corrected chi connectivity index (χ2v) is 5.09. The van der Waals surface area contributed by atoms with E-state index in [0.717, 1.165) is 18.5 Å². The van der Waals surface area contributed by atoms with Crippen LogP contribution in [0.2, 0.25) is 0 Å². The Morgan fingerprint density at radius 3 is 2.60 bits per heavy atom. The maximum absolute atomic E-state index is 12.2. The minimum absolute atomic E-state index is 0.0556. The Kier molecular flexibility index (Phi) is 3.48. The van der Waals surface area contributed by atoms with Gasteiger partial charge in [-0.2, -0.15) is 0 Å². The van der Waals surface area contributed by atoms with Gasteiger partial charge in [0.25, 0.3) is 5.91 Å². The van der Waals surface area contributed by atoms with Crippen molar-refractivity contribution in [1.29, 1.82) is 0 Å². The molecule has 102 valence electrons. The zero-order valence-corrected chi connectivity index (χ0v) is 11.2. The SMILES string of the molecule is NCc1cc(C(=O)NC2Cc3ccccc3C2)ccn1. The topological polar surface area (TPSA) is 68.0 Å². The molecule has 1 aliphatic rings. The summed E-state index contributed by atoms with van der Waals surface area (Å²) in [5.74, 6) is -0.0556. The second kappa shape index (κ2) is 5.43. The largest absolute Gasteiger partial charge is 0.349 e. The van der Waals surface area contributed by atoms with Crippen LogP contribution in [0.15, 0.2) is 42.6 Å². The third-order valence-electron chi connectivity index (χ3n) is 3.67. The van der Waals surface area contributed by atoms with Gasteiger partial charge in [-0.05, 0) is 36.1 Å². The van der Waals surface area contributed by atoms with Crippen LogP contribution in [0.1, 0.15) is 27.2 Å². The Labute approximate surface area is 118 Å². The van der Waals surface area contributed by atoms with Crippen molar-refractivity contribution in [3.05, 3.63) is 65.0 Å². The van der Waals surface area contributed by atoms with Crippen molar-refractivity contribution in [1.82, 2.24) is 10.3 Å². The van der Waals surface area contributed by atoms with E-state index in [1.54, 1.807) is 18.3 Å². The number of carbonyl (C=O) groups is 1. The lowest BCUT2D eigenvalue weighted by Crippen LogP contribution is -2.35. The van der Waals surface area contributed by atoms with E-state index in [4.69, 9.17) is 5.73 Å². The highest BCUT2D eigenvalue weighted by molar-refractivity contribution is 5.94. The van der Waals surface area contributed by atoms with Gasteiger partial charge in [0.2, 0.25) is 0 Å². The summed E-state index contributed by atoms with van der Waals surface area (Å²) in [6, 6.07) is 12.0. The predicted molar refractivity (Wildman–Crippen MR) is 77.2 cm³/mol. The van der Waals surface area contributed by atoms with Gasteiger partial charge in [0.1, 0.15) is 0 Å². The maximum Gasteiger partial charge on any atom is 0.251 e. The number of fused-ring (bicyclic) bond motifs is 1. The minimum Gasteiger partial charge on any atom is -0.349 e. The highest BCUT2D eigenvalue weighted by Gasteiger charge is 2.22. The molecule has 0 radical (unpaired) electrons. The number of amides is 1. The fraction of sp³-hybridized carbons (Fsp3) is 0.250. The van der Waals surface area contributed by atoms with Gasteiger partial charge < -0.3 is 11.1 Å². The van der Waals surface area contributed by atoms with E-state index < -0.39 is 0 Å². The molecule has 1 aromatic carbocycles. The molecule has 4 nitrogen and oxygen atoms in total. The Balaban J connectivity index is 1.69. The highest BCUT2D eigenvalue weighted by Crippen LogP contribution is 2.21. The van der Waals surface area contributed by atoms with Crippen LogP contribution >= 0.6 is 0 Å². The van der Waals surface area contributed by atoms with Crippen molar-refractivity contribution in [2.24, 2.45) is 5.73 Å². The maximum atomic E-state index is 12.2. The fourth-order valence-corrected chi connectivity index (χ4v) is 2.66. The first-order chi connectivity index (χ1) is 9.76. The monoisotopic (exact) mass is 267 g/mol. The van der Waals surface area contributed by atoms with Gasteiger partial charge in [-0.15, -0.1) is 0 Å². The first-order valence-electron chi connectivity index (χ1n) is 6.79. The van der Waals surface area contributed by atoms with Gasteiger partial charge in [0.15, 0.2) is 0 Å². The average molecular weight is 267 g/mol. The lowest BCUT2D eigenvalue weighted by Gasteiger charge is -2.12. The number of hydrogen-bond donors (Lipinski definition) is 2. The normalized spacial score (nSPS) is 14.1. The minimum atomic E-state index is -0.0556. The standard InChI is InChI=1S/C16H17N3O/c17-10-15-9-13(5-6-18-15)16(20)19-14-7-11-3-1-2-4-12(11)8-14/h1-6,9,14H,7-8,10,17H2,(H,19,20). The van der Waals surface area contributed by atoms with Crippen LogP contribution < -0.4 is 11.1 Å². The Morgan fingerprint density at radius 2 is 1.95 bits per heavy atom. The molecule has 0 unspecified atom stereocenters. The van der Waals surface area contributed by atoms with Gasteiger partial charge in [0.05, 0.1) is 5.69 Å². The summed E-state index contributed by atoms with van der Waals surface area (Å²) in [7, 11) is 0. The molecule has 0 saturated heterocycles. The van der Waals surface area contributed by atoms with Crippen molar-refractivity contribution in [2.75, 3.05) is 0 Å². The van der Waals surface area contributed by atoms with Crippen LogP contribution in [0.5, 0.6) is 0 Å². The van der Waals surface area contributed by atoms with Gasteiger partial charge in [-0.3, -0.25) is 9.78 Å². The van der Waals surface area contributed by atoms with Crippen molar-refractivity contribution < 1.29 is 4.79 Å². The lowest BCUT2D eigenvalue weighted by atomic mass is 10.1. The lowest BCUT2D eigenvalue weighted by molar-refractivity contribution is 0.0938. The van der Waals surface area contributed by atoms with Crippen LogP contribution in [0, 0.1) is 0 Å². The number of hydrogen-bond acceptors (Lipinski definition) is 3. The van der Waals surface area contributed by atoms with E-state index in [9.17, 15) is 4.79 Å². The summed E-state index contributed by atoms with van der Waals surface area (Å²) in [6.07, 6.45) is 3.42. The van der Waals surface area contributed by atoms with Crippen molar-refractivity contribution in [3.8, 4) is 0 Å². The molecule has 1 amide bonds. The molecule has 0 atom stereocenters. The van der Waals surface area contributed by atoms with Crippen molar-refractivity contribution in [2.45, 2.75) is 25.4 Å². The first-order valence-corrected chi connectivity index (χ1v) is 6.79. The number of carbonyl (C=O) groups excluding carboxylic acids is 1. The molecule has 1 aromatic heterocycles. The molecule has 0 spiro atoms. The Bertz CT molecular complexity index is 614. The van der Waals surface area contributed by atoms with E-state index in [2.05, 4.69) is 22.4 Å². The molecule has 20 heavy (non-hydrogen) atoms. The number of nitrogens with one attached hydrogen (secondary N) is 1. The summed E-state index contributed by atoms with van der Waals surface area (Å²) in [6.45, 7) is 0.343. The third-order valence-corrected chi connectivity index (χ3v) is 3.67. The van der Waals surface area contributed by atoms with E-state index in [1.807, 2.05) is 12.1 Å². The molecular formula is C16H17N3O. The highest BCUT2D eigenvalue weighted by atomic mass is 16.1. The molecule has 1 heterocycles. The number of aromatic nitrogens is 1. The number of rotatable bonds is 3. The summed E-state index contributed by atoms with van der Waals surface area (Å²) in [5.41, 5.74) is 9.55. The Hall–Kier alpha value is -2.20. The van der Waals surface area contributed by atoms with Gasteiger partial charge in [-0.25, -0.2) is 0 Å². The van der Waals surface area contributed by atoms with E-state index in [-0.39, 0.29) is 11.9 Å². The predicted octanol–water partition coefficient (Wildman–Crippen LogP) is 1.44. The molecule has 4 heteroatoms. The summed E-state index contributed by atoms with van der Waals surface area (Å²) >= 11 is 0. The third kappa shape index (κ3) is 2.56. The van der Waals surface area contributed by atoms with E-state index >= 15 is 0 Å². The summed E-state index contributed by atoms with van der Waals surface area (Å²) in [4.78, 5) is 16.3. The molecule has 0 fully saturated rings. The van der Waals surface area contributed by atoms with Crippen LogP contribution in [0.4, 0.5) is 0 Å². The van der Waals surface area contributed by atoms with Crippen LogP contribution in [-0.2, 0) is 19.4 Å². The first kappa shape index (κ1) is 12.8.